The van der Waals surface area contributed by atoms with Gasteiger partial charge in [0, 0.05) is 12.3 Å². The van der Waals surface area contributed by atoms with E-state index in [0.29, 0.717) is 17.3 Å². The summed E-state index contributed by atoms with van der Waals surface area (Å²) < 4.78 is 15.0. The summed E-state index contributed by atoms with van der Waals surface area (Å²) in [6.07, 6.45) is 3.44. The van der Waals surface area contributed by atoms with E-state index >= 15 is 0 Å². The highest BCUT2D eigenvalue weighted by atomic mass is 19.1. The van der Waals surface area contributed by atoms with Crippen LogP contribution in [-0.2, 0) is 0 Å². The molecular weight excluding hydrogens is 205 g/mol. The minimum atomic E-state index is -0.306. The molecule has 0 saturated heterocycles. The molecule has 0 aliphatic rings. The van der Waals surface area contributed by atoms with Gasteiger partial charge in [0.1, 0.15) is 5.82 Å². The highest BCUT2D eigenvalue weighted by molar-refractivity contribution is 5.30. The van der Waals surface area contributed by atoms with E-state index < -0.39 is 0 Å². The first-order valence-electron chi connectivity index (χ1n) is 5.26. The number of aryl methyl sites for hydroxylation is 1. The number of halogens is 1. The van der Waals surface area contributed by atoms with Crippen LogP contribution in [0.3, 0.4) is 0 Å². The standard InChI is InChI=1S/C12H14FN3/c1-8(2)12-4-5-16(15-12)10-6-11(13)9(3)14-7-10/h4-8H,1-3H3. The highest BCUT2D eigenvalue weighted by Crippen LogP contribution is 2.14. The van der Waals surface area contributed by atoms with E-state index in [1.165, 1.54) is 6.07 Å². The van der Waals surface area contributed by atoms with Crippen LogP contribution in [0.2, 0.25) is 0 Å². The van der Waals surface area contributed by atoms with Crippen molar-refractivity contribution in [3.05, 3.63) is 41.7 Å². The van der Waals surface area contributed by atoms with Crippen LogP contribution < -0.4 is 0 Å². The molecule has 84 valence electrons. The number of pyridine rings is 1. The van der Waals surface area contributed by atoms with Crippen molar-refractivity contribution in [3.8, 4) is 5.69 Å². The SMILES string of the molecule is Cc1ncc(-n2ccc(C(C)C)n2)cc1F. The Bertz CT molecular complexity index is 503. The first-order valence-corrected chi connectivity index (χ1v) is 5.26. The van der Waals surface area contributed by atoms with Gasteiger partial charge in [0.25, 0.3) is 0 Å². The molecule has 0 unspecified atom stereocenters. The van der Waals surface area contributed by atoms with Gasteiger partial charge < -0.3 is 0 Å². The predicted molar refractivity (Wildman–Crippen MR) is 60.1 cm³/mol. The van der Waals surface area contributed by atoms with Crippen LogP contribution in [0.25, 0.3) is 5.69 Å². The Hall–Kier alpha value is -1.71. The lowest BCUT2D eigenvalue weighted by Gasteiger charge is -2.03. The van der Waals surface area contributed by atoms with Gasteiger partial charge in [0.05, 0.1) is 23.3 Å². The zero-order valence-electron chi connectivity index (χ0n) is 9.61. The Labute approximate surface area is 93.9 Å². The van der Waals surface area contributed by atoms with Gasteiger partial charge in [-0.05, 0) is 18.9 Å². The van der Waals surface area contributed by atoms with Gasteiger partial charge >= 0.3 is 0 Å². The van der Waals surface area contributed by atoms with Gasteiger partial charge in [-0.25, -0.2) is 9.07 Å². The molecule has 4 heteroatoms. The number of nitrogens with zero attached hydrogens (tertiary/aromatic N) is 3. The van der Waals surface area contributed by atoms with Crippen molar-refractivity contribution in [1.82, 2.24) is 14.8 Å². The van der Waals surface area contributed by atoms with Gasteiger partial charge in [0.15, 0.2) is 0 Å². The van der Waals surface area contributed by atoms with E-state index in [9.17, 15) is 4.39 Å². The summed E-state index contributed by atoms with van der Waals surface area (Å²) in [4.78, 5) is 3.97. The molecule has 0 spiro atoms. The van der Waals surface area contributed by atoms with E-state index in [1.807, 2.05) is 12.3 Å². The molecule has 2 rings (SSSR count). The van der Waals surface area contributed by atoms with Crippen molar-refractivity contribution >= 4 is 0 Å². The average molecular weight is 219 g/mol. The second kappa shape index (κ2) is 4.04. The molecule has 0 fully saturated rings. The van der Waals surface area contributed by atoms with E-state index in [0.717, 1.165) is 5.69 Å². The number of hydrogen-bond acceptors (Lipinski definition) is 2. The summed E-state index contributed by atoms with van der Waals surface area (Å²) in [5.74, 6) is 0.0589. The molecule has 2 heterocycles. The Morgan fingerprint density at radius 1 is 1.38 bits per heavy atom. The summed E-state index contributed by atoms with van der Waals surface area (Å²) >= 11 is 0. The van der Waals surface area contributed by atoms with E-state index in [4.69, 9.17) is 0 Å². The first kappa shape index (κ1) is 10.8. The second-order valence-corrected chi connectivity index (χ2v) is 4.10. The monoisotopic (exact) mass is 219 g/mol. The second-order valence-electron chi connectivity index (χ2n) is 4.10. The fourth-order valence-corrected chi connectivity index (χ4v) is 1.41. The van der Waals surface area contributed by atoms with Crippen LogP contribution in [0, 0.1) is 12.7 Å². The minimum absolute atomic E-state index is 0.306. The predicted octanol–water partition coefficient (Wildman–Crippen LogP) is 2.84. The summed E-state index contributed by atoms with van der Waals surface area (Å²) in [6, 6.07) is 3.38. The number of aromatic nitrogens is 3. The maximum atomic E-state index is 13.3. The fraction of sp³-hybridized carbons (Fsp3) is 0.333. The maximum Gasteiger partial charge on any atom is 0.146 e. The quantitative estimate of drug-likeness (QED) is 0.777. The summed E-state index contributed by atoms with van der Waals surface area (Å²) in [6.45, 7) is 5.78. The molecule has 0 amide bonds. The van der Waals surface area contributed by atoms with Crippen LogP contribution in [-0.4, -0.2) is 14.8 Å². The molecule has 0 bridgehead atoms. The van der Waals surface area contributed by atoms with E-state index in [-0.39, 0.29) is 5.82 Å². The van der Waals surface area contributed by atoms with Gasteiger partial charge in [-0.1, -0.05) is 13.8 Å². The van der Waals surface area contributed by atoms with Gasteiger partial charge in [-0.3, -0.25) is 4.98 Å². The van der Waals surface area contributed by atoms with Crippen molar-refractivity contribution in [2.45, 2.75) is 26.7 Å². The van der Waals surface area contributed by atoms with Crippen LogP contribution in [0.15, 0.2) is 24.5 Å². The maximum absolute atomic E-state index is 13.3. The van der Waals surface area contributed by atoms with E-state index in [1.54, 1.807) is 17.8 Å². The highest BCUT2D eigenvalue weighted by Gasteiger charge is 2.06. The van der Waals surface area contributed by atoms with Gasteiger partial charge in [0.2, 0.25) is 0 Å². The molecule has 2 aromatic rings. The van der Waals surface area contributed by atoms with Crippen molar-refractivity contribution in [1.29, 1.82) is 0 Å². The largest absolute Gasteiger partial charge is 0.256 e. The zero-order chi connectivity index (χ0) is 11.7. The molecule has 0 aromatic carbocycles. The molecule has 16 heavy (non-hydrogen) atoms. The Balaban J connectivity index is 2.39. The third-order valence-corrected chi connectivity index (χ3v) is 2.48. The topological polar surface area (TPSA) is 30.7 Å². The van der Waals surface area contributed by atoms with Crippen molar-refractivity contribution in [2.75, 3.05) is 0 Å². The summed E-state index contributed by atoms with van der Waals surface area (Å²) in [5.41, 5.74) is 2.04. The lowest BCUT2D eigenvalue weighted by molar-refractivity contribution is 0.606. The zero-order valence-corrected chi connectivity index (χ0v) is 9.61. The van der Waals surface area contributed by atoms with Gasteiger partial charge in [-0.15, -0.1) is 0 Å². The molecular formula is C12H14FN3. The molecule has 0 aliphatic carbocycles. The molecule has 0 N–H and O–H groups in total. The number of hydrogen-bond donors (Lipinski definition) is 0. The van der Waals surface area contributed by atoms with Crippen LogP contribution >= 0.6 is 0 Å². The first-order chi connectivity index (χ1) is 7.58. The van der Waals surface area contributed by atoms with Crippen molar-refractivity contribution in [3.63, 3.8) is 0 Å². The summed E-state index contributed by atoms with van der Waals surface area (Å²) in [7, 11) is 0. The number of rotatable bonds is 2. The summed E-state index contributed by atoms with van der Waals surface area (Å²) in [5, 5.41) is 4.36. The molecule has 0 saturated carbocycles. The van der Waals surface area contributed by atoms with Crippen LogP contribution in [0.5, 0.6) is 0 Å². The van der Waals surface area contributed by atoms with E-state index in [2.05, 4.69) is 23.9 Å². The fourth-order valence-electron chi connectivity index (χ4n) is 1.41. The third-order valence-electron chi connectivity index (χ3n) is 2.48. The van der Waals surface area contributed by atoms with Crippen molar-refractivity contribution < 1.29 is 4.39 Å². The average Bonchev–Trinajstić information content (AvgIpc) is 2.71. The molecule has 0 radical (unpaired) electrons. The normalized spacial score (nSPS) is 11.1. The lowest BCUT2D eigenvalue weighted by Crippen LogP contribution is -2.00. The molecule has 2 aromatic heterocycles. The van der Waals surface area contributed by atoms with Crippen LogP contribution in [0.1, 0.15) is 31.2 Å². The lowest BCUT2D eigenvalue weighted by atomic mass is 10.1. The smallest absolute Gasteiger partial charge is 0.146 e. The third kappa shape index (κ3) is 1.96. The van der Waals surface area contributed by atoms with Crippen molar-refractivity contribution in [2.24, 2.45) is 0 Å². The molecule has 0 aliphatic heterocycles. The molecule has 3 nitrogen and oxygen atoms in total. The Morgan fingerprint density at radius 3 is 2.69 bits per heavy atom. The Morgan fingerprint density at radius 2 is 2.12 bits per heavy atom. The minimum Gasteiger partial charge on any atom is -0.256 e. The molecule has 0 atom stereocenters. The van der Waals surface area contributed by atoms with Gasteiger partial charge in [-0.2, -0.15) is 5.10 Å². The Kier molecular flexibility index (Phi) is 2.73. The van der Waals surface area contributed by atoms with Crippen LogP contribution in [0.4, 0.5) is 4.39 Å².